The minimum absolute atomic E-state index is 0.0861. The second kappa shape index (κ2) is 7.92. The molecule has 0 fully saturated rings. The Morgan fingerprint density at radius 3 is 2.41 bits per heavy atom. The van der Waals surface area contributed by atoms with E-state index >= 15 is 0 Å². The van der Waals surface area contributed by atoms with E-state index in [1.165, 1.54) is 0 Å². The van der Waals surface area contributed by atoms with E-state index in [1.807, 2.05) is 13.8 Å². The Hall–Kier alpha value is -0.300. The zero-order valence-corrected chi connectivity index (χ0v) is 11.4. The largest absolute Gasteiger partial charge is 0.411 e. The van der Waals surface area contributed by atoms with Crippen LogP contribution >= 0.6 is 15.9 Å². The smallest absolute Gasteiger partial charge is 0.362 e. The number of amides is 1. The number of halogens is 4. The van der Waals surface area contributed by atoms with Crippen LogP contribution in [-0.4, -0.2) is 36.7 Å². The van der Waals surface area contributed by atoms with Crippen molar-refractivity contribution in [2.75, 3.05) is 18.5 Å². The summed E-state index contributed by atoms with van der Waals surface area (Å²) in [4.78, 5) is 11.3. The summed E-state index contributed by atoms with van der Waals surface area (Å²) in [5.74, 6) is -0.131. The van der Waals surface area contributed by atoms with Crippen molar-refractivity contribution in [3.63, 3.8) is 0 Å². The van der Waals surface area contributed by atoms with E-state index in [2.05, 4.69) is 26.0 Å². The third-order valence-electron chi connectivity index (χ3n) is 1.81. The lowest BCUT2D eigenvalue weighted by Crippen LogP contribution is -2.39. The number of hydrogen-bond donors (Lipinski definition) is 1. The number of alkyl halides is 4. The van der Waals surface area contributed by atoms with Crippen molar-refractivity contribution in [1.29, 1.82) is 0 Å². The average Bonchev–Trinajstić information content (AvgIpc) is 2.13. The van der Waals surface area contributed by atoms with E-state index in [4.69, 9.17) is 0 Å². The van der Waals surface area contributed by atoms with Crippen LogP contribution in [0.2, 0.25) is 0 Å². The van der Waals surface area contributed by atoms with Gasteiger partial charge >= 0.3 is 6.18 Å². The van der Waals surface area contributed by atoms with Gasteiger partial charge in [-0.25, -0.2) is 0 Å². The first-order valence-corrected chi connectivity index (χ1v) is 6.36. The quantitative estimate of drug-likeness (QED) is 0.732. The SMILES string of the molecule is CC(C)CC(CBr)NC(=O)COCC(F)(F)F. The molecule has 0 aromatic rings. The van der Waals surface area contributed by atoms with E-state index in [1.54, 1.807) is 0 Å². The summed E-state index contributed by atoms with van der Waals surface area (Å²) in [6.07, 6.45) is -3.64. The summed E-state index contributed by atoms with van der Waals surface area (Å²) in [5, 5.41) is 3.17. The highest BCUT2D eigenvalue weighted by atomic mass is 79.9. The van der Waals surface area contributed by atoms with E-state index in [0.717, 1.165) is 6.42 Å². The van der Waals surface area contributed by atoms with Gasteiger partial charge in [-0.3, -0.25) is 4.79 Å². The molecule has 0 radical (unpaired) electrons. The van der Waals surface area contributed by atoms with Gasteiger partial charge in [0.2, 0.25) is 5.91 Å². The third kappa shape index (κ3) is 10.6. The first-order valence-electron chi connectivity index (χ1n) is 5.24. The molecule has 3 nitrogen and oxygen atoms in total. The molecule has 17 heavy (non-hydrogen) atoms. The number of carbonyl (C=O) groups is 1. The summed E-state index contributed by atoms with van der Waals surface area (Å²) in [5.41, 5.74) is 0. The normalized spacial score (nSPS) is 13.8. The standard InChI is InChI=1S/C10H17BrF3NO2/c1-7(2)3-8(4-11)15-9(16)5-17-6-10(12,13)14/h7-8H,3-6H2,1-2H3,(H,15,16). The summed E-state index contributed by atoms with van der Waals surface area (Å²) in [6, 6.07) is -0.0861. The van der Waals surface area contributed by atoms with Crippen molar-refractivity contribution in [2.45, 2.75) is 32.5 Å². The molecule has 0 aliphatic carbocycles. The lowest BCUT2D eigenvalue weighted by molar-refractivity contribution is -0.175. The number of ether oxygens (including phenoxy) is 1. The van der Waals surface area contributed by atoms with Crippen LogP contribution in [0.1, 0.15) is 20.3 Å². The Kier molecular flexibility index (Phi) is 7.78. The first-order chi connectivity index (χ1) is 7.74. The fraction of sp³-hybridized carbons (Fsp3) is 0.900. The number of hydrogen-bond acceptors (Lipinski definition) is 2. The summed E-state index contributed by atoms with van der Waals surface area (Å²) >= 11 is 3.24. The molecule has 0 bridgehead atoms. The Morgan fingerprint density at radius 2 is 2.00 bits per heavy atom. The van der Waals surface area contributed by atoms with Gasteiger partial charge in [-0.1, -0.05) is 29.8 Å². The second-order valence-electron chi connectivity index (χ2n) is 4.16. The van der Waals surface area contributed by atoms with Crippen LogP contribution in [0, 0.1) is 5.92 Å². The Bertz CT molecular complexity index is 234. The summed E-state index contributed by atoms with van der Waals surface area (Å²) in [6.45, 7) is 2.04. The molecule has 1 unspecified atom stereocenters. The van der Waals surface area contributed by atoms with E-state index in [9.17, 15) is 18.0 Å². The fourth-order valence-corrected chi connectivity index (χ4v) is 1.68. The molecule has 7 heteroatoms. The minimum Gasteiger partial charge on any atom is -0.362 e. The van der Waals surface area contributed by atoms with Crippen LogP contribution in [0.15, 0.2) is 0 Å². The molecule has 1 N–H and O–H groups in total. The molecular formula is C10H17BrF3NO2. The number of nitrogens with one attached hydrogen (secondary N) is 1. The van der Waals surface area contributed by atoms with Crippen LogP contribution in [0.25, 0.3) is 0 Å². The molecule has 0 rings (SSSR count). The van der Waals surface area contributed by atoms with Gasteiger partial charge in [0, 0.05) is 11.4 Å². The van der Waals surface area contributed by atoms with Crippen molar-refractivity contribution in [2.24, 2.45) is 5.92 Å². The van der Waals surface area contributed by atoms with Gasteiger partial charge in [0.15, 0.2) is 0 Å². The van der Waals surface area contributed by atoms with Gasteiger partial charge in [0.25, 0.3) is 0 Å². The van der Waals surface area contributed by atoms with Crippen molar-refractivity contribution in [3.8, 4) is 0 Å². The van der Waals surface area contributed by atoms with Gasteiger partial charge < -0.3 is 10.1 Å². The summed E-state index contributed by atoms with van der Waals surface area (Å²) in [7, 11) is 0. The van der Waals surface area contributed by atoms with Crippen LogP contribution in [0.5, 0.6) is 0 Å². The number of carbonyl (C=O) groups excluding carboxylic acids is 1. The predicted octanol–water partition coefficient (Wildman–Crippen LogP) is 2.49. The maximum absolute atomic E-state index is 11.7. The molecular weight excluding hydrogens is 303 g/mol. The van der Waals surface area contributed by atoms with Crippen molar-refractivity contribution >= 4 is 21.8 Å². The van der Waals surface area contributed by atoms with Gasteiger partial charge in [-0.2, -0.15) is 13.2 Å². The molecule has 0 heterocycles. The predicted molar refractivity (Wildman–Crippen MR) is 62.1 cm³/mol. The lowest BCUT2D eigenvalue weighted by atomic mass is 10.1. The monoisotopic (exact) mass is 319 g/mol. The van der Waals surface area contributed by atoms with E-state index in [-0.39, 0.29) is 6.04 Å². The molecule has 0 aromatic carbocycles. The maximum Gasteiger partial charge on any atom is 0.411 e. The van der Waals surface area contributed by atoms with Crippen molar-refractivity contribution in [3.05, 3.63) is 0 Å². The Balaban J connectivity index is 3.83. The van der Waals surface area contributed by atoms with Gasteiger partial charge in [-0.05, 0) is 12.3 Å². The summed E-state index contributed by atoms with van der Waals surface area (Å²) < 4.78 is 39.5. The van der Waals surface area contributed by atoms with Crippen LogP contribution in [-0.2, 0) is 9.53 Å². The zero-order valence-electron chi connectivity index (χ0n) is 9.81. The molecule has 102 valence electrons. The fourth-order valence-electron chi connectivity index (χ4n) is 1.26. The minimum atomic E-state index is -4.40. The van der Waals surface area contributed by atoms with Gasteiger partial charge in [-0.15, -0.1) is 0 Å². The molecule has 1 atom stereocenters. The maximum atomic E-state index is 11.7. The third-order valence-corrected chi connectivity index (χ3v) is 2.59. The first kappa shape index (κ1) is 16.7. The second-order valence-corrected chi connectivity index (χ2v) is 4.80. The van der Waals surface area contributed by atoms with Crippen LogP contribution < -0.4 is 5.32 Å². The molecule has 0 saturated carbocycles. The Morgan fingerprint density at radius 1 is 1.41 bits per heavy atom. The van der Waals surface area contributed by atoms with Gasteiger partial charge in [0.1, 0.15) is 13.2 Å². The average molecular weight is 320 g/mol. The molecule has 0 saturated heterocycles. The molecule has 0 aliphatic rings. The molecule has 0 spiro atoms. The van der Waals surface area contributed by atoms with Crippen LogP contribution in [0.4, 0.5) is 13.2 Å². The highest BCUT2D eigenvalue weighted by Gasteiger charge is 2.27. The molecule has 1 amide bonds. The van der Waals surface area contributed by atoms with Crippen molar-refractivity contribution < 1.29 is 22.7 Å². The molecule has 0 aliphatic heterocycles. The van der Waals surface area contributed by atoms with E-state index in [0.29, 0.717) is 11.2 Å². The molecule has 0 aromatic heterocycles. The zero-order chi connectivity index (χ0) is 13.5. The van der Waals surface area contributed by atoms with Gasteiger partial charge in [0.05, 0.1) is 0 Å². The topological polar surface area (TPSA) is 38.3 Å². The highest BCUT2D eigenvalue weighted by molar-refractivity contribution is 9.09. The Labute approximate surface area is 107 Å². The van der Waals surface area contributed by atoms with E-state index < -0.39 is 25.3 Å². The van der Waals surface area contributed by atoms with Crippen LogP contribution in [0.3, 0.4) is 0 Å². The number of rotatable bonds is 7. The van der Waals surface area contributed by atoms with Crippen molar-refractivity contribution in [1.82, 2.24) is 5.32 Å². The highest BCUT2D eigenvalue weighted by Crippen LogP contribution is 2.14. The lowest BCUT2D eigenvalue weighted by Gasteiger charge is -2.18.